The molecule has 0 amide bonds. The molecule has 0 aliphatic rings. The van der Waals surface area contributed by atoms with Crippen LogP contribution in [-0.2, 0) is 43.5 Å². The fraction of sp³-hybridized carbons (Fsp3) is 0.300. The number of carbonyl (C=O) groups is 5. The topological polar surface area (TPSA) is 212 Å². The van der Waals surface area contributed by atoms with E-state index in [2.05, 4.69) is 0 Å². The molecule has 118 valence electrons. The van der Waals surface area contributed by atoms with Gasteiger partial charge in [0.2, 0.25) is 0 Å². The molecule has 0 bridgehead atoms. The van der Waals surface area contributed by atoms with Crippen LogP contribution in [0.25, 0.3) is 0 Å². The van der Waals surface area contributed by atoms with E-state index in [0.717, 1.165) is 0 Å². The van der Waals surface area contributed by atoms with Crippen LogP contribution in [-0.4, -0.2) is 55.9 Å². The van der Waals surface area contributed by atoms with Gasteiger partial charge in [0.25, 0.3) is 0 Å². The molecular weight excluding hydrogens is 361 g/mol. The summed E-state index contributed by atoms with van der Waals surface area (Å²) in [7, 11) is 0. The van der Waals surface area contributed by atoms with E-state index in [1.807, 2.05) is 0 Å². The van der Waals surface area contributed by atoms with Crippen LogP contribution in [0.1, 0.15) is 12.8 Å². The number of carboxylic acids is 5. The third-order valence-electron chi connectivity index (χ3n) is 1.64. The summed E-state index contributed by atoms with van der Waals surface area (Å²) in [6.45, 7) is 0. The fourth-order valence-electron chi connectivity index (χ4n) is 0.850. The van der Waals surface area contributed by atoms with Crippen molar-refractivity contribution in [1.82, 2.24) is 0 Å². The summed E-state index contributed by atoms with van der Waals surface area (Å²) in [6.07, 6.45) is -1.52. The molecule has 0 aromatic carbocycles. The van der Waals surface area contributed by atoms with Gasteiger partial charge in [-0.05, 0) is 12.2 Å². The second kappa shape index (κ2) is 11.3. The molecule has 0 heterocycles. The maximum atomic E-state index is 10.3. The van der Waals surface area contributed by atoms with Crippen LogP contribution in [0.5, 0.6) is 0 Å². The predicted molar refractivity (Wildman–Crippen MR) is 56.2 cm³/mol. The van der Waals surface area contributed by atoms with E-state index < -0.39 is 48.3 Å². The van der Waals surface area contributed by atoms with Gasteiger partial charge < -0.3 is 40.2 Å². The van der Waals surface area contributed by atoms with Crippen LogP contribution < -0.4 is 10.2 Å². The summed E-state index contributed by atoms with van der Waals surface area (Å²) in [6, 6.07) is 0. The van der Waals surface area contributed by atoms with Gasteiger partial charge in [0.1, 0.15) is 0 Å². The first kappa shape index (κ1) is 24.7. The minimum Gasteiger partial charge on any atom is -0.545 e. The normalized spacial score (nSPS) is 9.86. The van der Waals surface area contributed by atoms with Crippen LogP contribution >= 0.6 is 0 Å². The number of hydrogen-bond donors (Lipinski definition) is 4. The number of carbonyl (C=O) groups excluding carboxylic acids is 2. The molecule has 12 heteroatoms. The Hall–Kier alpha value is -2.33. The molecule has 0 unspecified atom stereocenters. The zero-order valence-corrected chi connectivity index (χ0v) is 13.9. The Balaban J connectivity index is -0.000000348. The van der Waals surface area contributed by atoms with Crippen molar-refractivity contribution in [1.29, 1.82) is 0 Å². The van der Waals surface area contributed by atoms with Gasteiger partial charge in [-0.15, -0.1) is 0 Å². The first-order chi connectivity index (χ1) is 9.40. The summed E-state index contributed by atoms with van der Waals surface area (Å²) in [5.41, 5.74) is -2.74. The Bertz CT molecular complexity index is 435. The molecule has 0 rings (SSSR count). The monoisotopic (exact) mass is 370 g/mol. The average Bonchev–Trinajstić information content (AvgIpc) is 2.24. The maximum absolute atomic E-state index is 10.3. The first-order valence-electron chi connectivity index (χ1n) is 4.90. The van der Waals surface area contributed by atoms with Crippen molar-refractivity contribution in [3.63, 3.8) is 0 Å². The van der Waals surface area contributed by atoms with Crippen molar-refractivity contribution in [2.75, 3.05) is 0 Å². The van der Waals surface area contributed by atoms with Crippen molar-refractivity contribution in [2.24, 2.45) is 0 Å². The molecule has 0 fully saturated rings. The van der Waals surface area contributed by atoms with E-state index >= 15 is 0 Å². The second-order valence-electron chi connectivity index (χ2n) is 3.45. The molecule has 0 aliphatic heterocycles. The Morgan fingerprint density at radius 1 is 0.818 bits per heavy atom. The number of carboxylic acid groups (broad SMARTS) is 5. The SMILES string of the molecule is O=C(O)CC(O)(CC(=O)O)C(=O)O.O=C([O-])C=CC(=O)[O-].[Zn+2]. The van der Waals surface area contributed by atoms with E-state index in [-0.39, 0.29) is 19.5 Å². The van der Waals surface area contributed by atoms with Gasteiger partial charge in [-0.1, -0.05) is 0 Å². The molecule has 0 radical (unpaired) electrons. The van der Waals surface area contributed by atoms with Gasteiger partial charge in [0.05, 0.1) is 24.8 Å². The van der Waals surface area contributed by atoms with Crippen molar-refractivity contribution in [2.45, 2.75) is 18.4 Å². The summed E-state index contributed by atoms with van der Waals surface area (Å²) < 4.78 is 0. The summed E-state index contributed by atoms with van der Waals surface area (Å²) in [5.74, 6) is -8.11. The minimum absolute atomic E-state index is 0. The number of aliphatic hydroxyl groups is 1. The summed E-state index contributed by atoms with van der Waals surface area (Å²) in [4.78, 5) is 49.3. The van der Waals surface area contributed by atoms with E-state index in [9.17, 15) is 34.2 Å². The van der Waals surface area contributed by atoms with Crippen LogP contribution in [0.15, 0.2) is 12.2 Å². The average molecular weight is 372 g/mol. The zero-order valence-electron chi connectivity index (χ0n) is 10.9. The Morgan fingerprint density at radius 3 is 1.23 bits per heavy atom. The molecule has 0 spiro atoms. The minimum atomic E-state index is -2.74. The molecule has 0 aromatic rings. The molecule has 11 nitrogen and oxygen atoms in total. The van der Waals surface area contributed by atoms with Crippen LogP contribution in [0.2, 0.25) is 0 Å². The molecule has 4 N–H and O–H groups in total. The molecule has 0 atom stereocenters. The van der Waals surface area contributed by atoms with Crippen LogP contribution in [0.3, 0.4) is 0 Å². The van der Waals surface area contributed by atoms with Crippen molar-refractivity contribution in [3.8, 4) is 0 Å². The van der Waals surface area contributed by atoms with Gasteiger partial charge in [-0.2, -0.15) is 0 Å². The van der Waals surface area contributed by atoms with E-state index in [0.29, 0.717) is 12.2 Å². The van der Waals surface area contributed by atoms with Gasteiger partial charge in [0.15, 0.2) is 5.60 Å². The Kier molecular flexibility index (Phi) is 12.7. The zero-order chi connectivity index (χ0) is 17.2. The third-order valence-corrected chi connectivity index (χ3v) is 1.64. The predicted octanol–water partition coefficient (Wildman–Crippen LogP) is -4.21. The third kappa shape index (κ3) is 14.1. The largest absolute Gasteiger partial charge is 2.00 e. The molecule has 0 saturated heterocycles. The summed E-state index contributed by atoms with van der Waals surface area (Å²) >= 11 is 0. The van der Waals surface area contributed by atoms with E-state index in [4.69, 9.17) is 20.4 Å². The van der Waals surface area contributed by atoms with E-state index in [1.165, 1.54) is 0 Å². The quantitative estimate of drug-likeness (QED) is 0.248. The molecule has 0 saturated carbocycles. The maximum Gasteiger partial charge on any atom is 2.00 e. The van der Waals surface area contributed by atoms with Crippen LogP contribution in [0, 0.1) is 0 Å². The molecule has 0 aliphatic carbocycles. The molecule has 22 heavy (non-hydrogen) atoms. The van der Waals surface area contributed by atoms with Gasteiger partial charge >= 0.3 is 37.4 Å². The van der Waals surface area contributed by atoms with Gasteiger partial charge in [0, 0.05) is 0 Å². The van der Waals surface area contributed by atoms with Crippen molar-refractivity contribution < 1.29 is 74.1 Å². The first-order valence-corrected chi connectivity index (χ1v) is 4.90. The number of aliphatic carboxylic acids is 5. The standard InChI is InChI=1S/C6H8O7.C4H4O4.Zn/c7-3(8)1-6(13,5(11)12)2-4(9)10;5-3(6)1-2-4(7)8;/h13H,1-2H2,(H,7,8)(H,9,10)(H,11,12);1-2H,(H,5,6)(H,7,8);/q;;+2/p-2. The molecular formula is C10H10O11Zn. The van der Waals surface area contributed by atoms with Gasteiger partial charge in [-0.25, -0.2) is 4.79 Å². The molecule has 0 aromatic heterocycles. The van der Waals surface area contributed by atoms with E-state index in [1.54, 1.807) is 0 Å². The Morgan fingerprint density at radius 2 is 1.09 bits per heavy atom. The van der Waals surface area contributed by atoms with Gasteiger partial charge in [-0.3, -0.25) is 9.59 Å². The van der Waals surface area contributed by atoms with Crippen molar-refractivity contribution in [3.05, 3.63) is 12.2 Å². The van der Waals surface area contributed by atoms with Crippen molar-refractivity contribution >= 4 is 29.8 Å². The Labute approximate surface area is 135 Å². The second-order valence-corrected chi connectivity index (χ2v) is 3.45. The fourth-order valence-corrected chi connectivity index (χ4v) is 0.850. The number of hydrogen-bond acceptors (Lipinski definition) is 8. The van der Waals surface area contributed by atoms with Crippen LogP contribution in [0.4, 0.5) is 0 Å². The smallest absolute Gasteiger partial charge is 0.545 e. The summed E-state index contributed by atoms with van der Waals surface area (Å²) in [5, 5.41) is 52.6. The number of rotatable bonds is 7.